The Morgan fingerprint density at radius 1 is 0.857 bits per heavy atom. The summed E-state index contributed by atoms with van der Waals surface area (Å²) in [6.45, 7) is 4.85. The van der Waals surface area contributed by atoms with Gasteiger partial charge in [0.2, 0.25) is 0 Å². The molecular formula is C19H30O2. The molecular weight excluding hydrogens is 260 g/mol. The van der Waals surface area contributed by atoms with Crippen LogP contribution in [-0.4, -0.2) is 22.4 Å². The molecule has 21 heavy (non-hydrogen) atoms. The standard InChI is InChI=1S/C19H30O2/c1-17-7-6-14-12(13(17)3-4-15(17)20)9-16(21)19-10-11(19)5-8-18(14,19)2/h11-16,20-21H,3-10H2,1-2H3/t11-,12+,13+,14+,15+,16+,17+,18-,19+/m1/s1. The molecule has 0 saturated heterocycles. The Bertz CT molecular complexity index is 490. The van der Waals surface area contributed by atoms with Gasteiger partial charge < -0.3 is 10.2 Å². The van der Waals surface area contributed by atoms with E-state index in [4.69, 9.17) is 0 Å². The second-order valence-corrected chi connectivity index (χ2v) is 9.66. The lowest BCUT2D eigenvalue weighted by molar-refractivity contribution is -0.155. The maximum Gasteiger partial charge on any atom is 0.0607 e. The number of rotatable bonds is 0. The van der Waals surface area contributed by atoms with Gasteiger partial charge in [0.05, 0.1) is 12.2 Å². The fourth-order valence-electron chi connectivity index (χ4n) is 8.28. The van der Waals surface area contributed by atoms with Crippen LogP contribution in [0.1, 0.15) is 65.2 Å². The van der Waals surface area contributed by atoms with Crippen LogP contribution in [0.4, 0.5) is 0 Å². The third-order valence-electron chi connectivity index (χ3n) is 9.52. The van der Waals surface area contributed by atoms with E-state index in [1.165, 1.54) is 38.5 Å². The van der Waals surface area contributed by atoms with E-state index in [0.29, 0.717) is 22.7 Å². The van der Waals surface area contributed by atoms with E-state index in [1.807, 2.05) is 0 Å². The summed E-state index contributed by atoms with van der Waals surface area (Å²) in [5.74, 6) is 2.98. The number of fused-ring (bicyclic) bond motifs is 4. The average molecular weight is 290 g/mol. The second-order valence-electron chi connectivity index (χ2n) is 9.66. The van der Waals surface area contributed by atoms with Crippen molar-refractivity contribution in [1.82, 2.24) is 0 Å². The van der Waals surface area contributed by atoms with Crippen molar-refractivity contribution in [2.24, 2.45) is 39.9 Å². The maximum absolute atomic E-state index is 11.0. The van der Waals surface area contributed by atoms with Crippen LogP contribution in [0.25, 0.3) is 0 Å². The predicted octanol–water partition coefficient (Wildman–Crippen LogP) is 3.36. The van der Waals surface area contributed by atoms with Crippen LogP contribution < -0.4 is 0 Å². The highest BCUT2D eigenvalue weighted by molar-refractivity contribution is 5.25. The van der Waals surface area contributed by atoms with E-state index < -0.39 is 0 Å². The van der Waals surface area contributed by atoms with Gasteiger partial charge in [-0.05, 0) is 85.9 Å². The van der Waals surface area contributed by atoms with E-state index in [2.05, 4.69) is 13.8 Å². The van der Waals surface area contributed by atoms with Crippen LogP contribution >= 0.6 is 0 Å². The zero-order valence-corrected chi connectivity index (χ0v) is 13.5. The molecule has 0 radical (unpaired) electrons. The second kappa shape index (κ2) is 3.70. The molecule has 0 amide bonds. The molecule has 2 N–H and O–H groups in total. The summed E-state index contributed by atoms with van der Waals surface area (Å²) in [5, 5.41) is 21.5. The molecule has 118 valence electrons. The van der Waals surface area contributed by atoms with Crippen molar-refractivity contribution in [2.75, 3.05) is 0 Å². The van der Waals surface area contributed by atoms with E-state index >= 15 is 0 Å². The minimum absolute atomic E-state index is 0.0589. The number of aliphatic hydroxyl groups excluding tert-OH is 2. The summed E-state index contributed by atoms with van der Waals surface area (Å²) in [7, 11) is 0. The highest BCUT2D eigenvalue weighted by Gasteiger charge is 2.77. The van der Waals surface area contributed by atoms with Gasteiger partial charge in [0, 0.05) is 5.41 Å². The zero-order valence-electron chi connectivity index (χ0n) is 13.5. The molecule has 0 aromatic heterocycles. The van der Waals surface area contributed by atoms with Gasteiger partial charge in [0.25, 0.3) is 0 Å². The normalized spacial score (nSPS) is 68.0. The van der Waals surface area contributed by atoms with Crippen LogP contribution in [0, 0.1) is 39.9 Å². The number of aliphatic hydroxyl groups is 2. The lowest BCUT2D eigenvalue weighted by atomic mass is 9.46. The van der Waals surface area contributed by atoms with Gasteiger partial charge in [0.15, 0.2) is 0 Å². The molecule has 5 aliphatic rings. The third kappa shape index (κ3) is 1.27. The maximum atomic E-state index is 11.0. The van der Waals surface area contributed by atoms with Crippen LogP contribution in [0.15, 0.2) is 0 Å². The molecule has 2 nitrogen and oxygen atoms in total. The van der Waals surface area contributed by atoms with Gasteiger partial charge in [-0.1, -0.05) is 13.8 Å². The molecule has 0 aliphatic heterocycles. The average Bonchev–Trinajstić information content (AvgIpc) is 3.01. The lowest BCUT2D eigenvalue weighted by Crippen LogP contribution is -2.56. The molecule has 0 aromatic carbocycles. The van der Waals surface area contributed by atoms with E-state index in [-0.39, 0.29) is 17.6 Å². The van der Waals surface area contributed by atoms with Gasteiger partial charge in [-0.3, -0.25) is 0 Å². The van der Waals surface area contributed by atoms with Crippen molar-refractivity contribution in [2.45, 2.75) is 77.4 Å². The van der Waals surface area contributed by atoms with Crippen molar-refractivity contribution in [3.8, 4) is 0 Å². The van der Waals surface area contributed by atoms with E-state index in [0.717, 1.165) is 24.7 Å². The molecule has 5 saturated carbocycles. The monoisotopic (exact) mass is 290 g/mol. The number of hydrogen-bond acceptors (Lipinski definition) is 2. The van der Waals surface area contributed by atoms with E-state index in [1.54, 1.807) is 0 Å². The minimum Gasteiger partial charge on any atom is -0.393 e. The minimum atomic E-state index is -0.0958. The topological polar surface area (TPSA) is 40.5 Å². The smallest absolute Gasteiger partial charge is 0.0607 e. The molecule has 5 fully saturated rings. The molecule has 9 atom stereocenters. The molecule has 0 heterocycles. The van der Waals surface area contributed by atoms with Gasteiger partial charge in [-0.15, -0.1) is 0 Å². The molecule has 1 spiro atoms. The Hall–Kier alpha value is -0.0800. The first-order valence-electron chi connectivity index (χ1n) is 9.29. The first-order chi connectivity index (χ1) is 9.93. The largest absolute Gasteiger partial charge is 0.393 e. The molecule has 0 bridgehead atoms. The Morgan fingerprint density at radius 2 is 1.67 bits per heavy atom. The summed E-state index contributed by atoms with van der Waals surface area (Å²) >= 11 is 0. The summed E-state index contributed by atoms with van der Waals surface area (Å²) < 4.78 is 0. The molecule has 5 aliphatic carbocycles. The van der Waals surface area contributed by atoms with Gasteiger partial charge in [-0.2, -0.15) is 0 Å². The third-order valence-corrected chi connectivity index (χ3v) is 9.52. The van der Waals surface area contributed by atoms with Crippen LogP contribution in [0.5, 0.6) is 0 Å². The van der Waals surface area contributed by atoms with Gasteiger partial charge in [0.1, 0.15) is 0 Å². The lowest BCUT2D eigenvalue weighted by Gasteiger charge is -2.59. The van der Waals surface area contributed by atoms with Crippen LogP contribution in [-0.2, 0) is 0 Å². The van der Waals surface area contributed by atoms with Crippen LogP contribution in [0.2, 0.25) is 0 Å². The quantitative estimate of drug-likeness (QED) is 0.718. The van der Waals surface area contributed by atoms with Crippen molar-refractivity contribution < 1.29 is 10.2 Å². The molecule has 2 heteroatoms. The Balaban J connectivity index is 1.55. The van der Waals surface area contributed by atoms with Crippen molar-refractivity contribution in [1.29, 1.82) is 0 Å². The van der Waals surface area contributed by atoms with Crippen molar-refractivity contribution in [3.63, 3.8) is 0 Å². The first kappa shape index (κ1) is 13.4. The highest BCUT2D eigenvalue weighted by Crippen LogP contribution is 2.81. The fraction of sp³-hybridized carbons (Fsp3) is 1.00. The zero-order chi connectivity index (χ0) is 14.6. The Morgan fingerprint density at radius 3 is 2.43 bits per heavy atom. The van der Waals surface area contributed by atoms with Crippen molar-refractivity contribution in [3.05, 3.63) is 0 Å². The summed E-state index contributed by atoms with van der Waals surface area (Å²) in [5.41, 5.74) is 0.845. The SMILES string of the molecule is C[C@]12CC[C@H]3[C@@H](C[C@H](O)[C@]45C[C@H]4CC[C@]35C)[C@@H]1CC[C@@H]2O. The molecule has 0 aromatic rings. The van der Waals surface area contributed by atoms with Gasteiger partial charge >= 0.3 is 0 Å². The summed E-state index contributed by atoms with van der Waals surface area (Å²) in [6, 6.07) is 0. The van der Waals surface area contributed by atoms with Crippen LogP contribution in [0.3, 0.4) is 0 Å². The predicted molar refractivity (Wildman–Crippen MR) is 81.6 cm³/mol. The Kier molecular flexibility index (Phi) is 2.35. The van der Waals surface area contributed by atoms with Crippen molar-refractivity contribution >= 4 is 0 Å². The number of hydrogen-bond donors (Lipinski definition) is 2. The van der Waals surface area contributed by atoms with Gasteiger partial charge in [-0.25, -0.2) is 0 Å². The summed E-state index contributed by atoms with van der Waals surface area (Å²) in [4.78, 5) is 0. The highest BCUT2D eigenvalue weighted by atomic mass is 16.3. The summed E-state index contributed by atoms with van der Waals surface area (Å²) in [6.07, 6.45) is 9.59. The Labute approximate surface area is 128 Å². The molecule has 0 unspecified atom stereocenters. The molecule has 5 rings (SSSR count). The fourth-order valence-corrected chi connectivity index (χ4v) is 8.28. The van der Waals surface area contributed by atoms with E-state index in [9.17, 15) is 10.2 Å². The first-order valence-corrected chi connectivity index (χ1v) is 9.29.